The first-order valence-corrected chi connectivity index (χ1v) is 5.97. The third-order valence-electron chi connectivity index (χ3n) is 2.92. The van der Waals surface area contributed by atoms with Crippen LogP contribution in [-0.2, 0) is 19.6 Å². The van der Waals surface area contributed by atoms with Crippen molar-refractivity contribution in [2.24, 2.45) is 0 Å². The lowest BCUT2D eigenvalue weighted by Gasteiger charge is -2.09. The van der Waals surface area contributed by atoms with E-state index in [9.17, 15) is 9.59 Å². The van der Waals surface area contributed by atoms with E-state index in [-0.39, 0.29) is 17.8 Å². The smallest absolute Gasteiger partial charge is 0.331 e. The summed E-state index contributed by atoms with van der Waals surface area (Å²) in [5, 5.41) is 0. The molecule has 0 spiro atoms. The van der Waals surface area contributed by atoms with Crippen molar-refractivity contribution in [1.82, 2.24) is 18.7 Å². The number of aromatic nitrogens is 4. The van der Waals surface area contributed by atoms with Crippen LogP contribution in [-0.4, -0.2) is 18.7 Å². The van der Waals surface area contributed by atoms with E-state index in [1.807, 2.05) is 24.6 Å². The molecule has 0 saturated heterocycles. The third kappa shape index (κ3) is 2.13. The average Bonchev–Trinajstić information content (AvgIpc) is 2.82. The van der Waals surface area contributed by atoms with E-state index in [4.69, 9.17) is 0 Å². The molecule has 18 heavy (non-hydrogen) atoms. The summed E-state index contributed by atoms with van der Waals surface area (Å²) in [6.07, 6.45) is 5.03. The van der Waals surface area contributed by atoms with Crippen molar-refractivity contribution in [1.29, 1.82) is 0 Å². The summed E-state index contributed by atoms with van der Waals surface area (Å²) < 4.78 is 4.62. The van der Waals surface area contributed by atoms with E-state index < -0.39 is 0 Å². The van der Waals surface area contributed by atoms with Gasteiger partial charge in [0, 0.05) is 37.7 Å². The van der Waals surface area contributed by atoms with Crippen LogP contribution in [0.1, 0.15) is 19.7 Å². The van der Waals surface area contributed by atoms with Crippen molar-refractivity contribution in [3.8, 4) is 0 Å². The third-order valence-corrected chi connectivity index (χ3v) is 2.92. The molecule has 6 nitrogen and oxygen atoms in total. The van der Waals surface area contributed by atoms with Crippen LogP contribution in [0.2, 0.25) is 0 Å². The summed E-state index contributed by atoms with van der Waals surface area (Å²) >= 11 is 0. The Labute approximate surface area is 104 Å². The quantitative estimate of drug-likeness (QED) is 0.781. The van der Waals surface area contributed by atoms with Crippen molar-refractivity contribution < 1.29 is 0 Å². The van der Waals surface area contributed by atoms with Crippen molar-refractivity contribution in [2.45, 2.75) is 33.5 Å². The lowest BCUT2D eigenvalue weighted by atomic mass is 10.5. The molecule has 96 valence electrons. The topological polar surface area (TPSA) is 61.8 Å². The predicted molar refractivity (Wildman–Crippen MR) is 67.6 cm³/mol. The van der Waals surface area contributed by atoms with Crippen LogP contribution < -0.4 is 11.2 Å². The maximum absolute atomic E-state index is 12.0. The minimum absolute atomic E-state index is 0.208. The van der Waals surface area contributed by atoms with E-state index in [0.717, 1.165) is 6.54 Å². The Morgan fingerprint density at radius 1 is 1.11 bits per heavy atom. The Bertz CT molecular complexity index is 651. The number of hydrogen-bond acceptors (Lipinski definition) is 3. The van der Waals surface area contributed by atoms with Gasteiger partial charge in [-0.25, -0.2) is 9.78 Å². The molecule has 2 heterocycles. The highest BCUT2D eigenvalue weighted by Gasteiger charge is 2.08. The fraction of sp³-hybridized carbons (Fsp3) is 0.417. The monoisotopic (exact) mass is 248 g/mol. The fourth-order valence-corrected chi connectivity index (χ4v) is 1.86. The van der Waals surface area contributed by atoms with Crippen LogP contribution >= 0.6 is 0 Å². The molecule has 0 aliphatic heterocycles. The van der Waals surface area contributed by atoms with Gasteiger partial charge in [-0.15, -0.1) is 0 Å². The van der Waals surface area contributed by atoms with E-state index >= 15 is 0 Å². The molecule has 0 aliphatic carbocycles. The molecule has 0 amide bonds. The van der Waals surface area contributed by atoms with Crippen LogP contribution in [0.25, 0.3) is 0 Å². The summed E-state index contributed by atoms with van der Waals surface area (Å²) in [5.41, 5.74) is -0.592. The molecular weight excluding hydrogens is 232 g/mol. The fourth-order valence-electron chi connectivity index (χ4n) is 1.86. The molecule has 0 saturated carbocycles. The highest BCUT2D eigenvalue weighted by molar-refractivity contribution is 4.96. The van der Waals surface area contributed by atoms with Crippen LogP contribution in [0.5, 0.6) is 0 Å². The van der Waals surface area contributed by atoms with Crippen LogP contribution in [0, 0.1) is 0 Å². The molecule has 2 rings (SSSR count). The first-order chi connectivity index (χ1) is 8.67. The summed E-state index contributed by atoms with van der Waals surface area (Å²) in [6, 6.07) is 1.41. The van der Waals surface area contributed by atoms with Gasteiger partial charge in [0.15, 0.2) is 0 Å². The first-order valence-electron chi connectivity index (χ1n) is 5.97. The highest BCUT2D eigenvalue weighted by atomic mass is 16.2. The van der Waals surface area contributed by atoms with Gasteiger partial charge in [-0.3, -0.25) is 9.36 Å². The number of aryl methyl sites for hydroxylation is 2. The van der Waals surface area contributed by atoms with Crippen molar-refractivity contribution in [3.63, 3.8) is 0 Å². The van der Waals surface area contributed by atoms with Gasteiger partial charge in [0.05, 0.1) is 6.54 Å². The molecule has 0 unspecified atom stereocenters. The van der Waals surface area contributed by atoms with Crippen molar-refractivity contribution >= 4 is 0 Å². The Kier molecular flexibility index (Phi) is 3.45. The Morgan fingerprint density at radius 2 is 1.83 bits per heavy atom. The second-order valence-electron chi connectivity index (χ2n) is 3.94. The molecular formula is C12H16N4O2. The average molecular weight is 248 g/mol. The zero-order chi connectivity index (χ0) is 13.1. The SMILES string of the molecule is CCn1ccnc1Cn1c(=O)ccn(CC)c1=O. The maximum atomic E-state index is 12.0. The molecule has 2 aromatic heterocycles. The van der Waals surface area contributed by atoms with Gasteiger partial charge in [-0.1, -0.05) is 0 Å². The van der Waals surface area contributed by atoms with Gasteiger partial charge in [0.25, 0.3) is 5.56 Å². The molecule has 0 atom stereocenters. The Hall–Kier alpha value is -2.11. The minimum atomic E-state index is -0.296. The van der Waals surface area contributed by atoms with Crippen LogP contribution in [0.15, 0.2) is 34.2 Å². The first kappa shape index (κ1) is 12.3. The van der Waals surface area contributed by atoms with Crippen molar-refractivity contribution in [3.05, 3.63) is 51.3 Å². The van der Waals surface area contributed by atoms with E-state index in [0.29, 0.717) is 12.4 Å². The molecule has 0 fully saturated rings. The van der Waals surface area contributed by atoms with Gasteiger partial charge in [0.2, 0.25) is 0 Å². The molecule has 6 heteroatoms. The van der Waals surface area contributed by atoms with Gasteiger partial charge in [-0.2, -0.15) is 0 Å². The Morgan fingerprint density at radius 3 is 2.50 bits per heavy atom. The van der Waals surface area contributed by atoms with E-state index in [1.54, 1.807) is 6.20 Å². The van der Waals surface area contributed by atoms with E-state index in [1.165, 1.54) is 21.4 Å². The summed E-state index contributed by atoms with van der Waals surface area (Å²) in [7, 11) is 0. The van der Waals surface area contributed by atoms with Crippen LogP contribution in [0.3, 0.4) is 0 Å². The Balaban J connectivity index is 2.46. The van der Waals surface area contributed by atoms with Crippen molar-refractivity contribution in [2.75, 3.05) is 0 Å². The number of imidazole rings is 1. The number of rotatable bonds is 4. The molecule has 0 radical (unpaired) electrons. The normalized spacial score (nSPS) is 10.8. The number of hydrogen-bond donors (Lipinski definition) is 0. The largest absolute Gasteiger partial charge is 0.334 e. The zero-order valence-corrected chi connectivity index (χ0v) is 10.5. The second kappa shape index (κ2) is 5.03. The number of nitrogens with zero attached hydrogens (tertiary/aromatic N) is 4. The lowest BCUT2D eigenvalue weighted by Crippen LogP contribution is -2.39. The summed E-state index contributed by atoms with van der Waals surface area (Å²) in [6.45, 7) is 5.37. The van der Waals surface area contributed by atoms with E-state index in [2.05, 4.69) is 4.98 Å². The lowest BCUT2D eigenvalue weighted by molar-refractivity contribution is 0.568. The minimum Gasteiger partial charge on any atom is -0.334 e. The van der Waals surface area contributed by atoms with Gasteiger partial charge >= 0.3 is 5.69 Å². The predicted octanol–water partition coefficient (Wildman–Crippen LogP) is 0.295. The van der Waals surface area contributed by atoms with Gasteiger partial charge < -0.3 is 9.13 Å². The van der Waals surface area contributed by atoms with Crippen LogP contribution in [0.4, 0.5) is 0 Å². The molecule has 0 N–H and O–H groups in total. The zero-order valence-electron chi connectivity index (χ0n) is 10.5. The van der Waals surface area contributed by atoms with Gasteiger partial charge in [0.1, 0.15) is 5.82 Å². The summed E-state index contributed by atoms with van der Waals surface area (Å²) in [4.78, 5) is 28.0. The second-order valence-corrected chi connectivity index (χ2v) is 3.94. The molecule has 0 aromatic carbocycles. The summed E-state index contributed by atoms with van der Waals surface area (Å²) in [5.74, 6) is 0.713. The maximum Gasteiger partial charge on any atom is 0.331 e. The highest BCUT2D eigenvalue weighted by Crippen LogP contribution is 1.97. The molecule has 0 bridgehead atoms. The molecule has 0 aliphatic rings. The van der Waals surface area contributed by atoms with Gasteiger partial charge in [-0.05, 0) is 13.8 Å². The molecule has 2 aromatic rings. The standard InChI is InChI=1S/C12H16N4O2/c1-3-14-8-6-13-10(14)9-16-11(17)5-7-15(4-2)12(16)18/h5-8H,3-4,9H2,1-2H3.